The Morgan fingerprint density at radius 1 is 0.969 bits per heavy atom. The number of aromatic nitrogens is 1. The van der Waals surface area contributed by atoms with Crippen LogP contribution in [-0.2, 0) is 17.6 Å². The quantitative estimate of drug-likeness (QED) is 0.501. The molecule has 1 unspecified atom stereocenters. The molecule has 6 rings (SSSR count). The molecule has 3 aromatic carbocycles. The first-order valence-corrected chi connectivity index (χ1v) is 11.1. The Bertz CT molecular complexity index is 1300. The van der Waals surface area contributed by atoms with E-state index in [9.17, 15) is 4.79 Å². The Kier molecular flexibility index (Phi) is 4.60. The number of fused-ring (bicyclic) bond motifs is 4. The smallest absolute Gasteiger partial charge is 0.231 e. The summed E-state index contributed by atoms with van der Waals surface area (Å²) >= 11 is 0. The van der Waals surface area contributed by atoms with E-state index in [0.717, 1.165) is 41.1 Å². The number of hydrogen-bond acceptors (Lipinski definition) is 3. The molecule has 0 fully saturated rings. The van der Waals surface area contributed by atoms with Gasteiger partial charge in [-0.05, 0) is 47.7 Å². The molecule has 0 spiro atoms. The van der Waals surface area contributed by atoms with Gasteiger partial charge in [-0.3, -0.25) is 4.79 Å². The van der Waals surface area contributed by atoms with E-state index in [-0.39, 0.29) is 18.7 Å². The number of carbonyl (C=O) groups is 1. The molecule has 5 nitrogen and oxygen atoms in total. The van der Waals surface area contributed by atoms with Gasteiger partial charge in [-0.1, -0.05) is 54.6 Å². The van der Waals surface area contributed by atoms with E-state index in [0.29, 0.717) is 13.0 Å². The third-order valence-electron chi connectivity index (χ3n) is 6.54. The Labute approximate surface area is 186 Å². The van der Waals surface area contributed by atoms with Gasteiger partial charge >= 0.3 is 0 Å². The zero-order valence-electron chi connectivity index (χ0n) is 17.7. The maximum Gasteiger partial charge on any atom is 0.231 e. The number of amides is 1. The van der Waals surface area contributed by atoms with E-state index >= 15 is 0 Å². The third-order valence-corrected chi connectivity index (χ3v) is 6.54. The molecular weight excluding hydrogens is 400 g/mol. The number of aromatic amines is 1. The molecule has 2 aliphatic heterocycles. The summed E-state index contributed by atoms with van der Waals surface area (Å²) in [6.45, 7) is 0.933. The SMILES string of the molecule is O=C(CCc1ccccc1)N1CCc2c([nH]c3ccccc23)C1c1ccc2c(c1)OCO2. The Hall–Kier alpha value is -3.73. The molecule has 0 radical (unpaired) electrons. The van der Waals surface area contributed by atoms with Crippen molar-refractivity contribution in [3.8, 4) is 11.5 Å². The molecule has 3 heterocycles. The van der Waals surface area contributed by atoms with Crippen LogP contribution < -0.4 is 9.47 Å². The van der Waals surface area contributed by atoms with Crippen molar-refractivity contribution in [2.75, 3.05) is 13.3 Å². The van der Waals surface area contributed by atoms with Crippen molar-refractivity contribution in [1.82, 2.24) is 9.88 Å². The van der Waals surface area contributed by atoms with Crippen molar-refractivity contribution in [2.24, 2.45) is 0 Å². The lowest BCUT2D eigenvalue weighted by molar-refractivity contribution is -0.133. The number of aryl methyl sites for hydroxylation is 1. The fourth-order valence-electron chi connectivity index (χ4n) is 4.98. The average molecular weight is 425 g/mol. The van der Waals surface area contributed by atoms with Gasteiger partial charge in [0.05, 0.1) is 6.04 Å². The van der Waals surface area contributed by atoms with Crippen molar-refractivity contribution in [2.45, 2.75) is 25.3 Å². The van der Waals surface area contributed by atoms with Crippen LogP contribution >= 0.6 is 0 Å². The van der Waals surface area contributed by atoms with Crippen molar-refractivity contribution >= 4 is 16.8 Å². The highest BCUT2D eigenvalue weighted by Crippen LogP contribution is 2.42. The van der Waals surface area contributed by atoms with Gasteiger partial charge in [0, 0.05) is 29.6 Å². The van der Waals surface area contributed by atoms with Gasteiger partial charge in [0.25, 0.3) is 0 Å². The van der Waals surface area contributed by atoms with Crippen molar-refractivity contribution in [3.05, 3.63) is 95.2 Å². The molecule has 0 bridgehead atoms. The molecule has 1 amide bonds. The number of benzene rings is 3. The summed E-state index contributed by atoms with van der Waals surface area (Å²) in [4.78, 5) is 19.1. The van der Waals surface area contributed by atoms with Crippen LogP contribution in [0.4, 0.5) is 0 Å². The molecule has 1 N–H and O–H groups in total. The molecule has 4 aromatic rings. The number of nitrogens with one attached hydrogen (secondary N) is 1. The minimum absolute atomic E-state index is 0.167. The summed E-state index contributed by atoms with van der Waals surface area (Å²) in [5, 5.41) is 1.24. The first-order chi connectivity index (χ1) is 15.8. The molecule has 160 valence electrons. The van der Waals surface area contributed by atoms with Crippen LogP contribution in [0.15, 0.2) is 72.8 Å². The molecule has 1 aromatic heterocycles. The van der Waals surface area contributed by atoms with Gasteiger partial charge in [-0.15, -0.1) is 0 Å². The van der Waals surface area contributed by atoms with E-state index < -0.39 is 0 Å². The molecule has 32 heavy (non-hydrogen) atoms. The van der Waals surface area contributed by atoms with Gasteiger partial charge < -0.3 is 19.4 Å². The maximum absolute atomic E-state index is 13.5. The van der Waals surface area contributed by atoms with Crippen molar-refractivity contribution in [3.63, 3.8) is 0 Å². The Morgan fingerprint density at radius 3 is 2.69 bits per heavy atom. The van der Waals surface area contributed by atoms with E-state index in [4.69, 9.17) is 9.47 Å². The van der Waals surface area contributed by atoms with Crippen LogP contribution in [0.25, 0.3) is 10.9 Å². The molecule has 2 aliphatic rings. The number of carbonyl (C=O) groups excluding carboxylic acids is 1. The second-order valence-electron chi connectivity index (χ2n) is 8.40. The molecule has 1 atom stereocenters. The highest BCUT2D eigenvalue weighted by Gasteiger charge is 2.35. The normalized spacial score (nSPS) is 16.9. The first-order valence-electron chi connectivity index (χ1n) is 11.1. The van der Waals surface area contributed by atoms with Crippen molar-refractivity contribution < 1.29 is 14.3 Å². The summed E-state index contributed by atoms with van der Waals surface area (Å²) in [6, 6.07) is 24.4. The van der Waals surface area contributed by atoms with E-state index in [2.05, 4.69) is 41.4 Å². The predicted octanol–water partition coefficient (Wildman–Crippen LogP) is 5.00. The fraction of sp³-hybridized carbons (Fsp3) is 0.222. The highest BCUT2D eigenvalue weighted by molar-refractivity contribution is 5.86. The maximum atomic E-state index is 13.5. The molecule has 0 saturated carbocycles. The lowest BCUT2D eigenvalue weighted by Crippen LogP contribution is -2.40. The number of H-pyrrole nitrogens is 1. The third kappa shape index (κ3) is 3.21. The van der Waals surface area contributed by atoms with E-state index in [1.165, 1.54) is 16.5 Å². The van der Waals surface area contributed by atoms with Crippen molar-refractivity contribution in [1.29, 1.82) is 0 Å². The fourth-order valence-corrected chi connectivity index (χ4v) is 4.98. The zero-order chi connectivity index (χ0) is 21.5. The summed E-state index contributed by atoms with van der Waals surface area (Å²) in [7, 11) is 0. The van der Waals surface area contributed by atoms with Crippen LogP contribution in [-0.4, -0.2) is 29.1 Å². The van der Waals surface area contributed by atoms with Gasteiger partial charge in [0.15, 0.2) is 11.5 Å². The number of hydrogen-bond donors (Lipinski definition) is 1. The molecule has 0 aliphatic carbocycles. The second-order valence-corrected chi connectivity index (χ2v) is 8.40. The van der Waals surface area contributed by atoms with E-state index in [1.807, 2.05) is 41.3 Å². The largest absolute Gasteiger partial charge is 0.454 e. The van der Waals surface area contributed by atoms with Crippen LogP contribution in [0.3, 0.4) is 0 Å². The lowest BCUT2D eigenvalue weighted by atomic mass is 9.91. The number of rotatable bonds is 4. The first kappa shape index (κ1) is 19.0. The summed E-state index contributed by atoms with van der Waals surface area (Å²) in [6.07, 6.45) is 2.07. The van der Waals surface area contributed by atoms with Crippen LogP contribution in [0.1, 0.15) is 34.8 Å². The minimum atomic E-state index is -0.177. The number of nitrogens with zero attached hydrogens (tertiary/aromatic N) is 1. The summed E-state index contributed by atoms with van der Waals surface area (Å²) in [5.41, 5.74) is 5.74. The topological polar surface area (TPSA) is 54.6 Å². The molecule has 5 heteroatoms. The monoisotopic (exact) mass is 424 g/mol. The molecule has 0 saturated heterocycles. The van der Waals surface area contributed by atoms with Crippen LogP contribution in [0.5, 0.6) is 11.5 Å². The summed E-state index contributed by atoms with van der Waals surface area (Å²) in [5.74, 6) is 1.66. The Morgan fingerprint density at radius 2 is 1.78 bits per heavy atom. The Balaban J connectivity index is 1.39. The van der Waals surface area contributed by atoms with Crippen LogP contribution in [0.2, 0.25) is 0 Å². The summed E-state index contributed by atoms with van der Waals surface area (Å²) < 4.78 is 11.2. The second kappa shape index (κ2) is 7.75. The molecular formula is C27H24N2O3. The zero-order valence-corrected chi connectivity index (χ0v) is 17.7. The van der Waals surface area contributed by atoms with Crippen LogP contribution in [0, 0.1) is 0 Å². The van der Waals surface area contributed by atoms with Gasteiger partial charge in [-0.2, -0.15) is 0 Å². The van der Waals surface area contributed by atoms with Gasteiger partial charge in [-0.25, -0.2) is 0 Å². The average Bonchev–Trinajstić information content (AvgIpc) is 3.46. The highest BCUT2D eigenvalue weighted by atomic mass is 16.7. The van der Waals surface area contributed by atoms with Gasteiger partial charge in [0.2, 0.25) is 12.7 Å². The predicted molar refractivity (Wildman–Crippen MR) is 123 cm³/mol. The minimum Gasteiger partial charge on any atom is -0.454 e. The van der Waals surface area contributed by atoms with Gasteiger partial charge in [0.1, 0.15) is 0 Å². The lowest BCUT2D eigenvalue weighted by Gasteiger charge is -2.36. The number of para-hydroxylation sites is 1. The standard InChI is InChI=1S/C27H24N2O3/c30-25(13-10-18-6-2-1-3-7-18)29-15-14-21-20-8-4-5-9-22(20)28-26(21)27(29)19-11-12-23-24(16-19)32-17-31-23/h1-9,11-12,16,27-28H,10,13-15,17H2. The number of ether oxygens (including phenoxy) is 2. The van der Waals surface area contributed by atoms with E-state index in [1.54, 1.807) is 0 Å².